The normalized spacial score (nSPS) is 22.0. The third-order valence-electron chi connectivity index (χ3n) is 4.09. The number of amides is 1. The lowest BCUT2D eigenvalue weighted by molar-refractivity contribution is -0.136. The molecule has 5 nitrogen and oxygen atoms in total. The zero-order valence-corrected chi connectivity index (χ0v) is 12.6. The van der Waals surface area contributed by atoms with Crippen LogP contribution in [0.4, 0.5) is 0 Å². The van der Waals surface area contributed by atoms with Crippen LogP contribution in [0.15, 0.2) is 18.2 Å². The summed E-state index contributed by atoms with van der Waals surface area (Å²) in [7, 11) is 0. The quantitative estimate of drug-likeness (QED) is 0.896. The van der Waals surface area contributed by atoms with Gasteiger partial charge in [0.25, 0.3) is 0 Å². The average Bonchev–Trinajstić information content (AvgIpc) is 2.88. The third-order valence-corrected chi connectivity index (χ3v) is 4.32. The minimum atomic E-state index is -0.401. The number of fused-ring (bicyclic) bond motifs is 1. The van der Waals surface area contributed by atoms with Gasteiger partial charge in [-0.15, -0.1) is 0 Å². The molecule has 1 atom stereocenters. The van der Waals surface area contributed by atoms with Crippen molar-refractivity contribution >= 4 is 17.5 Å². The van der Waals surface area contributed by atoms with E-state index in [-0.39, 0.29) is 12.0 Å². The smallest absolute Gasteiger partial charge is 0.248 e. The monoisotopic (exact) mass is 310 g/mol. The van der Waals surface area contributed by atoms with Crippen molar-refractivity contribution in [2.24, 2.45) is 0 Å². The fraction of sp³-hybridized carbons (Fsp3) is 0.533. The summed E-state index contributed by atoms with van der Waals surface area (Å²) in [4.78, 5) is 15.4. The highest BCUT2D eigenvalue weighted by molar-refractivity contribution is 6.30. The fourth-order valence-electron chi connectivity index (χ4n) is 2.96. The molecule has 0 bridgehead atoms. The zero-order chi connectivity index (χ0) is 14.8. The summed E-state index contributed by atoms with van der Waals surface area (Å²) in [6, 6.07) is 5.74. The van der Waals surface area contributed by atoms with Gasteiger partial charge in [-0.3, -0.25) is 9.69 Å². The first kappa shape index (κ1) is 14.6. The molecule has 1 aromatic rings. The highest BCUT2D eigenvalue weighted by Crippen LogP contribution is 2.31. The molecule has 0 saturated carbocycles. The van der Waals surface area contributed by atoms with E-state index >= 15 is 0 Å². The van der Waals surface area contributed by atoms with E-state index in [0.717, 1.165) is 36.8 Å². The number of benzene rings is 1. The first-order valence-electron chi connectivity index (χ1n) is 7.22. The second kappa shape index (κ2) is 6.22. The van der Waals surface area contributed by atoms with Crippen molar-refractivity contribution in [3.8, 4) is 5.75 Å². The van der Waals surface area contributed by atoms with Crippen molar-refractivity contribution in [2.75, 3.05) is 39.3 Å². The van der Waals surface area contributed by atoms with Crippen LogP contribution >= 0.6 is 11.6 Å². The maximum Gasteiger partial charge on any atom is 0.248 e. The summed E-state index contributed by atoms with van der Waals surface area (Å²) in [5, 5.41) is 9.61. The Labute approximate surface area is 129 Å². The van der Waals surface area contributed by atoms with Crippen molar-refractivity contribution in [3.63, 3.8) is 0 Å². The number of aliphatic hydroxyl groups excluding tert-OH is 1. The number of nitrogens with zero attached hydrogens (tertiary/aromatic N) is 2. The molecule has 6 heteroatoms. The topological polar surface area (TPSA) is 53.0 Å². The van der Waals surface area contributed by atoms with E-state index < -0.39 is 6.61 Å². The molecule has 1 fully saturated rings. The van der Waals surface area contributed by atoms with Gasteiger partial charge in [0.2, 0.25) is 5.91 Å². The molecule has 0 aliphatic carbocycles. The standard InChI is InChI=1S/C15H19ClN2O3/c16-12-1-2-14-11(7-12)8-13(21-14)9-17-3-5-18(6-4-17)15(20)10-19/h1-2,7,13,19H,3-6,8-10H2. The van der Waals surface area contributed by atoms with Gasteiger partial charge in [-0.1, -0.05) is 11.6 Å². The second-order valence-electron chi connectivity index (χ2n) is 5.54. The lowest BCUT2D eigenvalue weighted by Crippen LogP contribution is -2.51. The Bertz CT molecular complexity index is 530. The molecule has 1 aromatic carbocycles. The molecule has 2 aliphatic rings. The van der Waals surface area contributed by atoms with Crippen molar-refractivity contribution < 1.29 is 14.6 Å². The minimum Gasteiger partial charge on any atom is -0.488 e. The summed E-state index contributed by atoms with van der Waals surface area (Å²) in [5.74, 6) is 0.743. The molecule has 21 heavy (non-hydrogen) atoms. The Kier molecular flexibility index (Phi) is 4.33. The Morgan fingerprint density at radius 2 is 2.10 bits per heavy atom. The van der Waals surface area contributed by atoms with Gasteiger partial charge in [-0.05, 0) is 23.8 Å². The van der Waals surface area contributed by atoms with E-state index in [4.69, 9.17) is 21.4 Å². The molecular weight excluding hydrogens is 292 g/mol. The molecule has 1 amide bonds. The Morgan fingerprint density at radius 1 is 1.33 bits per heavy atom. The first-order chi connectivity index (χ1) is 10.2. The first-order valence-corrected chi connectivity index (χ1v) is 7.59. The number of hydrogen-bond acceptors (Lipinski definition) is 4. The predicted molar refractivity (Wildman–Crippen MR) is 79.7 cm³/mol. The molecule has 2 heterocycles. The lowest BCUT2D eigenvalue weighted by atomic mass is 10.1. The highest BCUT2D eigenvalue weighted by Gasteiger charge is 2.27. The second-order valence-corrected chi connectivity index (χ2v) is 5.97. The number of ether oxygens (including phenoxy) is 1. The van der Waals surface area contributed by atoms with Crippen LogP contribution in [-0.2, 0) is 11.2 Å². The van der Waals surface area contributed by atoms with E-state index in [0.29, 0.717) is 13.1 Å². The van der Waals surface area contributed by atoms with Gasteiger partial charge in [0, 0.05) is 44.2 Å². The zero-order valence-electron chi connectivity index (χ0n) is 11.8. The highest BCUT2D eigenvalue weighted by atomic mass is 35.5. The van der Waals surface area contributed by atoms with Crippen molar-refractivity contribution in [1.82, 2.24) is 9.80 Å². The van der Waals surface area contributed by atoms with Gasteiger partial charge in [0.15, 0.2) is 0 Å². The van der Waals surface area contributed by atoms with Crippen molar-refractivity contribution in [1.29, 1.82) is 0 Å². The number of halogens is 1. The molecular formula is C15H19ClN2O3. The number of carbonyl (C=O) groups is 1. The van der Waals surface area contributed by atoms with Gasteiger partial charge in [-0.2, -0.15) is 0 Å². The number of piperazine rings is 1. The lowest BCUT2D eigenvalue weighted by Gasteiger charge is -2.35. The van der Waals surface area contributed by atoms with Crippen LogP contribution < -0.4 is 4.74 Å². The molecule has 3 rings (SSSR count). The molecule has 1 N–H and O–H groups in total. The summed E-state index contributed by atoms with van der Waals surface area (Å²) in [6.45, 7) is 3.44. The molecule has 0 aromatic heterocycles. The minimum absolute atomic E-state index is 0.151. The van der Waals surface area contributed by atoms with Crippen LogP contribution in [0.5, 0.6) is 5.75 Å². The summed E-state index contributed by atoms with van der Waals surface area (Å²) < 4.78 is 5.94. The molecule has 114 valence electrons. The molecule has 0 spiro atoms. The van der Waals surface area contributed by atoms with Gasteiger partial charge in [0.05, 0.1) is 0 Å². The van der Waals surface area contributed by atoms with Crippen LogP contribution in [0.1, 0.15) is 5.56 Å². The van der Waals surface area contributed by atoms with Crippen LogP contribution in [0.3, 0.4) is 0 Å². The summed E-state index contributed by atoms with van der Waals surface area (Å²) in [5.41, 5.74) is 1.17. The number of carbonyl (C=O) groups excluding carboxylic acids is 1. The molecule has 1 unspecified atom stereocenters. The maximum absolute atomic E-state index is 11.4. The molecule has 2 aliphatic heterocycles. The number of aliphatic hydroxyl groups is 1. The van der Waals surface area contributed by atoms with Crippen LogP contribution in [0.2, 0.25) is 5.02 Å². The summed E-state index contributed by atoms with van der Waals surface area (Å²) in [6.07, 6.45) is 1.03. The van der Waals surface area contributed by atoms with Crippen LogP contribution in [0.25, 0.3) is 0 Å². The van der Waals surface area contributed by atoms with Crippen molar-refractivity contribution in [2.45, 2.75) is 12.5 Å². The van der Waals surface area contributed by atoms with E-state index in [1.54, 1.807) is 4.90 Å². The van der Waals surface area contributed by atoms with E-state index in [2.05, 4.69) is 4.90 Å². The van der Waals surface area contributed by atoms with Crippen LogP contribution in [0, 0.1) is 0 Å². The SMILES string of the molecule is O=C(CO)N1CCN(CC2Cc3cc(Cl)ccc3O2)CC1. The fourth-order valence-corrected chi connectivity index (χ4v) is 3.15. The number of hydrogen-bond donors (Lipinski definition) is 1. The van der Waals surface area contributed by atoms with Gasteiger partial charge in [0.1, 0.15) is 18.5 Å². The van der Waals surface area contributed by atoms with Crippen molar-refractivity contribution in [3.05, 3.63) is 28.8 Å². The Hall–Kier alpha value is -1.30. The summed E-state index contributed by atoms with van der Waals surface area (Å²) >= 11 is 6.00. The Morgan fingerprint density at radius 3 is 2.81 bits per heavy atom. The predicted octanol–water partition coefficient (Wildman–Crippen LogP) is 0.780. The van der Waals surface area contributed by atoms with Gasteiger partial charge >= 0.3 is 0 Å². The Balaban J connectivity index is 1.50. The largest absolute Gasteiger partial charge is 0.488 e. The third kappa shape index (κ3) is 3.31. The molecule has 0 radical (unpaired) electrons. The van der Waals surface area contributed by atoms with E-state index in [1.807, 2.05) is 18.2 Å². The van der Waals surface area contributed by atoms with Crippen LogP contribution in [-0.4, -0.2) is 66.2 Å². The number of rotatable bonds is 3. The van der Waals surface area contributed by atoms with E-state index in [1.165, 1.54) is 5.56 Å². The van der Waals surface area contributed by atoms with Gasteiger partial charge in [-0.25, -0.2) is 0 Å². The average molecular weight is 311 g/mol. The van der Waals surface area contributed by atoms with E-state index in [9.17, 15) is 4.79 Å². The molecule has 1 saturated heterocycles. The maximum atomic E-state index is 11.4. The van der Waals surface area contributed by atoms with Gasteiger partial charge < -0.3 is 14.7 Å².